The van der Waals surface area contributed by atoms with Gasteiger partial charge < -0.3 is 9.15 Å². The topological polar surface area (TPSA) is 61.0 Å². The molecule has 12 rings (SSSR count). The van der Waals surface area contributed by atoms with E-state index in [1.165, 1.54) is 22.1 Å². The zero-order valence-corrected chi connectivity index (χ0v) is 30.1. The fourth-order valence-corrected chi connectivity index (χ4v) is 9.01. The summed E-state index contributed by atoms with van der Waals surface area (Å²) in [7, 11) is 0. The minimum atomic E-state index is -0.0442. The number of allylic oxidation sites excluding steroid dienone is 2. The summed E-state index contributed by atoms with van der Waals surface area (Å²) in [6, 6.07) is 55.0. The first-order valence-electron chi connectivity index (χ1n) is 19.0. The number of furan rings is 1. The van der Waals surface area contributed by atoms with E-state index in [-0.39, 0.29) is 12.0 Å². The lowest BCUT2D eigenvalue weighted by atomic mass is 9.79. The lowest BCUT2D eigenvalue weighted by Gasteiger charge is -2.24. The van der Waals surface area contributed by atoms with Crippen LogP contribution in [-0.4, -0.2) is 21.1 Å². The van der Waals surface area contributed by atoms with Gasteiger partial charge in [0, 0.05) is 27.5 Å². The summed E-state index contributed by atoms with van der Waals surface area (Å²) in [5.41, 5.74) is 7.92. The molecule has 10 aromatic rings. The fourth-order valence-electron chi connectivity index (χ4n) is 9.01. The van der Waals surface area contributed by atoms with Crippen LogP contribution >= 0.6 is 0 Å². The van der Waals surface area contributed by atoms with Crippen molar-refractivity contribution in [2.45, 2.75) is 12.0 Å². The van der Waals surface area contributed by atoms with E-state index < -0.39 is 0 Å². The van der Waals surface area contributed by atoms with E-state index in [9.17, 15) is 0 Å². The minimum absolute atomic E-state index is 0.0442. The largest absolute Gasteiger partial charge is 0.485 e. The summed E-state index contributed by atoms with van der Waals surface area (Å²) in [5.74, 6) is 2.82. The average Bonchev–Trinajstić information content (AvgIpc) is 3.84. The lowest BCUT2D eigenvalue weighted by Crippen LogP contribution is -2.19. The smallest absolute Gasteiger partial charge is 0.167 e. The van der Waals surface area contributed by atoms with E-state index in [0.717, 1.165) is 71.3 Å². The van der Waals surface area contributed by atoms with Gasteiger partial charge in [-0.2, -0.15) is 0 Å². The number of nitrogens with zero attached hydrogens (tertiary/aromatic N) is 3. The number of hydrogen-bond donors (Lipinski definition) is 0. The molecule has 5 heteroatoms. The van der Waals surface area contributed by atoms with Crippen LogP contribution in [0.4, 0.5) is 0 Å². The second-order valence-electron chi connectivity index (χ2n) is 14.6. The predicted octanol–water partition coefficient (Wildman–Crippen LogP) is 12.7. The fraction of sp³-hybridized carbons (Fsp3) is 0.0392. The van der Waals surface area contributed by atoms with Crippen molar-refractivity contribution >= 4 is 59.8 Å². The monoisotopic (exact) mass is 717 g/mol. The van der Waals surface area contributed by atoms with E-state index in [1.807, 2.05) is 30.3 Å². The standard InChI is InChI=1S/C51H31N3O2/c1-2-14-31-30(13-1)29-43(35-18-6-3-15-32(31)35)51-53-49(52-50(54-51)42-23-11-22-39-37-19-7-9-24-44(37)56-48(39)42)40-28-27-36(33-16-4-5-17-34(33)40)38-21-12-26-46-47(38)41-20-8-10-25-45(41)55-46/h1-29,46-47H. The van der Waals surface area contributed by atoms with Gasteiger partial charge >= 0.3 is 0 Å². The molecule has 0 saturated heterocycles. The number of hydrogen-bond acceptors (Lipinski definition) is 5. The van der Waals surface area contributed by atoms with Gasteiger partial charge in [0.05, 0.1) is 11.5 Å². The Bertz CT molecular complexity index is 3320. The van der Waals surface area contributed by atoms with Crippen molar-refractivity contribution in [2.24, 2.45) is 0 Å². The molecule has 2 atom stereocenters. The summed E-state index contributed by atoms with van der Waals surface area (Å²) in [4.78, 5) is 16.0. The molecular weight excluding hydrogens is 687 g/mol. The van der Waals surface area contributed by atoms with Crippen molar-refractivity contribution in [1.29, 1.82) is 0 Å². The minimum Gasteiger partial charge on any atom is -0.485 e. The van der Waals surface area contributed by atoms with Gasteiger partial charge in [-0.15, -0.1) is 0 Å². The molecule has 262 valence electrons. The average molecular weight is 718 g/mol. The van der Waals surface area contributed by atoms with Crippen LogP contribution < -0.4 is 4.74 Å². The summed E-state index contributed by atoms with van der Waals surface area (Å²) in [6.45, 7) is 0. The summed E-state index contributed by atoms with van der Waals surface area (Å²) < 4.78 is 13.0. The SMILES string of the molecule is C1=CC2Oc3ccccc3C2C(c2ccc(-c3nc(-c4cc5ccccc5c5ccccc45)nc(-c4cccc5c4oc4ccccc45)n3)c3ccccc23)=C1. The Balaban J connectivity index is 1.11. The normalized spacial score (nSPS) is 16.0. The highest BCUT2D eigenvalue weighted by atomic mass is 16.5. The molecule has 0 fully saturated rings. The first kappa shape index (κ1) is 31.0. The third-order valence-corrected chi connectivity index (χ3v) is 11.5. The summed E-state index contributed by atoms with van der Waals surface area (Å²) in [5, 5.41) is 8.85. The third kappa shape index (κ3) is 4.64. The van der Waals surface area contributed by atoms with Crippen LogP contribution in [0.25, 0.3) is 94.0 Å². The molecule has 1 aliphatic heterocycles. The Hall–Kier alpha value is -7.37. The van der Waals surface area contributed by atoms with E-state index in [1.54, 1.807) is 0 Å². The van der Waals surface area contributed by atoms with Crippen LogP contribution in [0.3, 0.4) is 0 Å². The van der Waals surface area contributed by atoms with Gasteiger partial charge in [-0.25, -0.2) is 15.0 Å². The maximum absolute atomic E-state index is 6.55. The van der Waals surface area contributed by atoms with Gasteiger partial charge in [0.15, 0.2) is 17.5 Å². The highest BCUT2D eigenvalue weighted by Crippen LogP contribution is 2.49. The highest BCUT2D eigenvalue weighted by Gasteiger charge is 2.37. The zero-order chi connectivity index (χ0) is 36.7. The molecule has 3 heterocycles. The maximum atomic E-state index is 6.55. The number of para-hydroxylation sites is 3. The van der Waals surface area contributed by atoms with E-state index in [0.29, 0.717) is 17.5 Å². The van der Waals surface area contributed by atoms with Gasteiger partial charge in [-0.3, -0.25) is 0 Å². The number of ether oxygens (including phenoxy) is 1. The molecule has 1 aliphatic carbocycles. The summed E-state index contributed by atoms with van der Waals surface area (Å²) in [6.07, 6.45) is 6.49. The van der Waals surface area contributed by atoms with Crippen LogP contribution in [0, 0.1) is 0 Å². The van der Waals surface area contributed by atoms with Gasteiger partial charge in [0.1, 0.15) is 23.0 Å². The molecule has 2 aliphatic rings. The van der Waals surface area contributed by atoms with E-state index >= 15 is 0 Å². The Labute approximate surface area is 321 Å². The molecular formula is C51H31N3O2. The number of fused-ring (bicyclic) bond motifs is 10. The molecule has 2 aromatic heterocycles. The van der Waals surface area contributed by atoms with Gasteiger partial charge in [0.25, 0.3) is 0 Å². The first-order valence-corrected chi connectivity index (χ1v) is 19.0. The van der Waals surface area contributed by atoms with Crippen molar-refractivity contribution in [3.63, 3.8) is 0 Å². The molecule has 0 N–H and O–H groups in total. The van der Waals surface area contributed by atoms with Crippen LogP contribution in [0.2, 0.25) is 0 Å². The number of benzene rings is 8. The molecule has 2 unspecified atom stereocenters. The Morgan fingerprint density at radius 1 is 0.446 bits per heavy atom. The lowest BCUT2D eigenvalue weighted by molar-refractivity contribution is 0.271. The zero-order valence-electron chi connectivity index (χ0n) is 30.1. The van der Waals surface area contributed by atoms with Crippen LogP contribution in [0.15, 0.2) is 180 Å². The van der Waals surface area contributed by atoms with Crippen molar-refractivity contribution < 1.29 is 9.15 Å². The molecule has 56 heavy (non-hydrogen) atoms. The number of rotatable bonds is 4. The predicted molar refractivity (Wildman–Crippen MR) is 227 cm³/mol. The maximum Gasteiger partial charge on any atom is 0.167 e. The van der Waals surface area contributed by atoms with Gasteiger partial charge in [-0.1, -0.05) is 140 Å². The highest BCUT2D eigenvalue weighted by molar-refractivity contribution is 6.14. The second kappa shape index (κ2) is 12.1. The number of aromatic nitrogens is 3. The van der Waals surface area contributed by atoms with Crippen molar-refractivity contribution in [3.8, 4) is 39.9 Å². The first-order chi connectivity index (χ1) is 27.8. The Morgan fingerprint density at radius 3 is 1.89 bits per heavy atom. The molecule has 5 nitrogen and oxygen atoms in total. The van der Waals surface area contributed by atoms with Crippen LogP contribution in [0.5, 0.6) is 5.75 Å². The molecule has 8 aromatic carbocycles. The van der Waals surface area contributed by atoms with E-state index in [2.05, 4.69) is 146 Å². The van der Waals surface area contributed by atoms with Gasteiger partial charge in [-0.05, 0) is 79.9 Å². The quantitative estimate of drug-likeness (QED) is 0.170. The summed E-state index contributed by atoms with van der Waals surface area (Å²) >= 11 is 0. The molecule has 0 saturated carbocycles. The second-order valence-corrected chi connectivity index (χ2v) is 14.6. The van der Waals surface area contributed by atoms with Crippen molar-refractivity contribution in [2.75, 3.05) is 0 Å². The molecule has 0 bridgehead atoms. The van der Waals surface area contributed by atoms with Crippen molar-refractivity contribution in [3.05, 3.63) is 187 Å². The van der Waals surface area contributed by atoms with Gasteiger partial charge in [0.2, 0.25) is 0 Å². The Morgan fingerprint density at radius 2 is 1.05 bits per heavy atom. The van der Waals surface area contributed by atoms with Crippen LogP contribution in [0.1, 0.15) is 17.0 Å². The Kier molecular flexibility index (Phi) is 6.69. The molecule has 0 radical (unpaired) electrons. The third-order valence-electron chi connectivity index (χ3n) is 11.5. The van der Waals surface area contributed by atoms with Crippen molar-refractivity contribution in [1.82, 2.24) is 15.0 Å². The van der Waals surface area contributed by atoms with E-state index in [4.69, 9.17) is 24.1 Å². The molecule has 0 amide bonds. The molecule has 0 spiro atoms. The van der Waals surface area contributed by atoms with Crippen LogP contribution in [-0.2, 0) is 0 Å².